The van der Waals surface area contributed by atoms with Crippen molar-refractivity contribution in [2.75, 3.05) is 63.0 Å². The van der Waals surface area contributed by atoms with Gasteiger partial charge in [-0.05, 0) is 50.1 Å². The Kier molecular flexibility index (Phi) is 27.7. The smallest absolute Gasteiger partial charge is 0.397 e. The average molecular weight is 2120 g/mol. The predicted octanol–water partition coefficient (Wildman–Crippen LogP) is 2.48. The molecule has 2 radical (unpaired) electrons. The second kappa shape index (κ2) is 39.4. The van der Waals surface area contributed by atoms with Crippen LogP contribution >= 0.6 is 44.8 Å². The molecule has 2 bridgehead atoms. The van der Waals surface area contributed by atoms with Gasteiger partial charge in [0.2, 0.25) is 7.57 Å². The second-order valence-electron chi connectivity index (χ2n) is 32.6. The van der Waals surface area contributed by atoms with Gasteiger partial charge in [-0.3, -0.25) is 59.4 Å². The molecule has 9 saturated heterocycles. The summed E-state index contributed by atoms with van der Waals surface area (Å²) in [5, 5.41) is 26.2. The van der Waals surface area contributed by atoms with Crippen LogP contribution in [0.15, 0.2) is 111 Å². The predicted molar refractivity (Wildman–Crippen MR) is 487 cm³/mol. The Morgan fingerprint density at radius 1 is 0.465 bits per heavy atom. The van der Waals surface area contributed by atoms with Crippen LogP contribution in [0.2, 0.25) is 0 Å². The maximum absolute atomic E-state index is 16.0. The molecule has 10 aliphatic rings. The first-order valence-corrected chi connectivity index (χ1v) is 51.8. The van der Waals surface area contributed by atoms with Crippen LogP contribution in [0.4, 0.5) is 40.7 Å². The minimum atomic E-state index is -5.07. The molecule has 0 aliphatic carbocycles. The summed E-state index contributed by atoms with van der Waals surface area (Å²) in [4.78, 5) is 112. The number of phosphoric acid groups is 2. The van der Waals surface area contributed by atoms with E-state index in [2.05, 4.69) is 85.1 Å². The van der Waals surface area contributed by atoms with Crippen molar-refractivity contribution in [1.29, 1.82) is 0 Å². The van der Waals surface area contributed by atoms with Crippen LogP contribution in [0, 0.1) is 6.92 Å². The Bertz CT molecular complexity index is 7020. The zero-order valence-corrected chi connectivity index (χ0v) is 78.2. The van der Waals surface area contributed by atoms with E-state index in [1.54, 1.807) is 11.5 Å². The Hall–Kier alpha value is -9.42. The SMILES string of the molecule is [BH3-]P1(=O)OCC2O[C@@H](n3cnc4c(N)ccnc43)[C@H](F)[C@@H]2OP(=O)(O)OC[C@H]2O[C@@H](n3cnc4c3N=C(N)CC4=O)[C@H](F)[C@@H]2O1.[BH3-]P1(=O)OC[C@H]2O[C@@H](n3cnc4c(NCC)ncnc43)[C@H](OP(O)(=S)OC[C@H]3O[C@@H](n4cnc5c(CCc6ccccc6)ncnc54)[C@H](O)[C@@H]3O1)[C@@H]2O.[B]P1(=O)OC[C@H]2O[C@@H](n3cnc4c(C)ncnc43)[C@H](F)[C@@H]2OP(=O)(O)OC[C@H]2O[C@@H](n3cnc4c(N)ncnc43)[C@H](F)[C@@H]2O1. The zero-order chi connectivity index (χ0) is 99.7. The summed E-state index contributed by atoms with van der Waals surface area (Å²) in [5.74, 6) is 0.0170. The van der Waals surface area contributed by atoms with Crippen molar-refractivity contribution in [1.82, 2.24) is 102 Å². The molecule has 12 aromatic rings. The number of ether oxygens (including phenoxy) is 6. The number of nitrogens with zero attached hydrogens (tertiary/aromatic N) is 22. The number of halogens is 4. The summed E-state index contributed by atoms with van der Waals surface area (Å²) in [6, 6.07) is 11.5. The van der Waals surface area contributed by atoms with Gasteiger partial charge in [-0.15, -0.1) is 0 Å². The van der Waals surface area contributed by atoms with Crippen LogP contribution in [0.25, 0.3) is 55.8 Å². The van der Waals surface area contributed by atoms with Gasteiger partial charge in [0.25, 0.3) is 7.47 Å². The number of alkyl halides is 4. The number of pyridine rings is 1. The number of aryl methyl sites for hydroxylation is 3. The highest BCUT2D eigenvalue weighted by atomic mass is 32.5. The number of ketones is 1. The van der Waals surface area contributed by atoms with Crippen molar-refractivity contribution < 1.29 is 153 Å². The molecule has 756 valence electrons. The lowest BCUT2D eigenvalue weighted by Crippen LogP contribution is -2.37. The number of rotatable bonds is 11. The molecule has 0 saturated carbocycles. The fourth-order valence-electron chi connectivity index (χ4n) is 17.2. The number of hydrogen-bond acceptors (Lipinski definition) is 47. The summed E-state index contributed by atoms with van der Waals surface area (Å²) in [7, 11) is -19.1. The van der Waals surface area contributed by atoms with Gasteiger partial charge in [-0.2, -0.15) is 0 Å². The number of Topliss-reactive ketones (excluding diaryl/α,β-unsaturated/α-hetero) is 1. The molecule has 22 rings (SSSR count). The highest BCUT2D eigenvalue weighted by Gasteiger charge is 2.59. The van der Waals surface area contributed by atoms with Crippen molar-refractivity contribution in [3.63, 3.8) is 0 Å². The minimum Gasteiger partial charge on any atom is -0.397 e. The van der Waals surface area contributed by atoms with Gasteiger partial charge >= 0.3 is 22.4 Å². The number of aliphatic imine (C=N–C) groups is 1. The highest BCUT2D eigenvalue weighted by Crippen LogP contribution is 2.60. The number of benzene rings is 1. The van der Waals surface area contributed by atoms with Crippen LogP contribution in [-0.4, -0.2) is 318 Å². The molecule has 10 aliphatic heterocycles. The number of aromatic nitrogens is 21. The fraction of sp³-hybridized carbons (Fsp3) is 0.493. The number of amidine groups is 1. The topological polar surface area (TPSA) is 695 Å². The second-order valence-corrected chi connectivity index (χ2v) is 41.5. The number of nitrogens with two attached hydrogens (primary N) is 3. The van der Waals surface area contributed by atoms with E-state index in [1.165, 1.54) is 81.2 Å². The van der Waals surface area contributed by atoms with Gasteiger partial charge in [0, 0.05) is 12.7 Å². The molecule has 7 unspecified atom stereocenters. The molecular weight excluding hydrogens is 2030 g/mol. The third-order valence-corrected chi connectivity index (χ3v) is 29.9. The Labute approximate surface area is 803 Å². The third kappa shape index (κ3) is 19.8. The summed E-state index contributed by atoms with van der Waals surface area (Å²) in [6.45, 7) is -3.75. The first-order chi connectivity index (χ1) is 67.8. The van der Waals surface area contributed by atoms with Gasteiger partial charge in [0.1, 0.15) is 154 Å². The number of nitrogen functional groups attached to an aromatic ring is 2. The largest absolute Gasteiger partial charge is 0.472 e. The summed E-state index contributed by atoms with van der Waals surface area (Å²) >= 11 is 5.42. The van der Waals surface area contributed by atoms with E-state index in [0.717, 1.165) is 34.9 Å². The third-order valence-electron chi connectivity index (χ3n) is 23.8. The van der Waals surface area contributed by atoms with Crippen LogP contribution in [-0.2, 0) is 130 Å². The van der Waals surface area contributed by atoms with Gasteiger partial charge in [0.05, 0.1) is 116 Å². The van der Waals surface area contributed by atoms with E-state index in [0.29, 0.717) is 52.3 Å². The minimum absolute atomic E-state index is 0.0165. The van der Waals surface area contributed by atoms with E-state index in [-0.39, 0.29) is 69.9 Å². The Balaban J connectivity index is 0.000000131. The first-order valence-electron chi connectivity index (χ1n) is 42.4. The number of aliphatic hydroxyl groups excluding tert-OH is 2. The summed E-state index contributed by atoms with van der Waals surface area (Å²) in [5.41, 5.74) is 23.2. The Morgan fingerprint density at radius 2 is 0.915 bits per heavy atom. The van der Waals surface area contributed by atoms with Crippen LogP contribution in [0.5, 0.6) is 0 Å². The molecule has 9 fully saturated rings. The molecule has 0 spiro atoms. The highest BCUT2D eigenvalue weighted by molar-refractivity contribution is 8.07. The molecule has 55 nitrogen and oxygen atoms in total. The van der Waals surface area contributed by atoms with Gasteiger partial charge in [0.15, 0.2) is 125 Å². The van der Waals surface area contributed by atoms with Gasteiger partial charge in [-0.25, -0.2) is 106 Å². The van der Waals surface area contributed by atoms with Crippen molar-refractivity contribution in [3.05, 3.63) is 129 Å². The van der Waals surface area contributed by atoms with E-state index in [1.807, 2.05) is 37.3 Å². The molecular formula is C73H85B3F4N26O29P6S-2. The normalized spacial score (nSPS) is 36.8. The zero-order valence-electron chi connectivity index (χ0n) is 72.0. The molecule has 11 aromatic heterocycles. The van der Waals surface area contributed by atoms with Crippen molar-refractivity contribution >= 4 is 170 Å². The molecule has 142 heavy (non-hydrogen) atoms. The number of phosphoric ester groups is 2. The Morgan fingerprint density at radius 3 is 1.54 bits per heavy atom. The van der Waals surface area contributed by atoms with E-state index in [4.69, 9.17) is 119 Å². The fourth-order valence-corrected chi connectivity index (χ4v) is 23.1. The first kappa shape index (κ1) is 99.9. The summed E-state index contributed by atoms with van der Waals surface area (Å²) < 4.78 is 240. The molecule has 69 heteroatoms. The number of anilines is 3. The van der Waals surface area contributed by atoms with E-state index in [9.17, 15) is 52.5 Å². The lowest BCUT2D eigenvalue weighted by molar-refractivity contribution is -0.0610. The number of carbonyl (C=O) groups excluding carboxylic acids is 1. The van der Waals surface area contributed by atoms with Gasteiger partial charge < -0.3 is 117 Å². The van der Waals surface area contributed by atoms with Crippen molar-refractivity contribution in [2.45, 2.75) is 181 Å². The lowest BCUT2D eigenvalue weighted by atomic mass is 10.1. The lowest BCUT2D eigenvalue weighted by Gasteiger charge is -2.30. The van der Waals surface area contributed by atoms with E-state index < -0.39 is 246 Å². The molecule has 21 heterocycles. The van der Waals surface area contributed by atoms with Crippen LogP contribution < -0.4 is 22.5 Å². The number of imidazole rings is 6. The molecule has 1 aromatic carbocycles. The number of aliphatic hydroxyl groups is 2. The number of nitrogens with one attached hydrogen (secondary N) is 1. The number of carbonyl (C=O) groups is 1. The van der Waals surface area contributed by atoms with Crippen molar-refractivity contribution in [2.24, 2.45) is 10.7 Å². The standard InChI is InChI=1S/C30H37BN9O10P2S.C22H26BF2N8O10P2.C21H22BF2N9O9P2/c1-2-32-26-21-28(36-13-34-26)40(15-38-21)30-25-22(41)18(47-30)10-45-51(31,43)49-24-19(11-46-52(44,53)50-25)48-29(23(24)42)39-14-37-20-17(33-12-35-27(20)39)9-8-16-6-4-3-5-7-16;23-44(35)38-4-10-18(14(25)21(40-10)32-6-29-15-8(26)1-2-28-19(15)32)43-45(36,37)39-5-11-17(42-44)13(24)22(41-11)33-7-30-16-9(34)3-12(27)31-20(16)33;1-8-13-18(28-4-26-8)32(6-30-13)21-12(24)16-9(39-21)2-37-43(22,34)41-15-10(3-38-44(35,36)42-16)40-20(11(15)23)33-7-31-14-17(25)27-5-29-19(14)33/h3-7,12-15,18-19,22-25,29-30,41-42H,2,8-11H2,1,31H3,(H,44,53)(H,32,34,36);1-2,6-7,10-11,13-14,17-18,21-22H,3-5H2,23H3,(H2,26,28)(H2,27,31)(H,36,37);4-7,9-12,15-16,20-21H,2-3H2,1H3,(H,35,36)(H2,25,27,29)/q2*-1;/t18-,19-,22-,23-,24-,25-,29-,30-,51?,52?;10?,11-,13-,14-,17-,18-,21-,22-,44?;9-,10-,11-,12-,15-,16-,20-,21-,43?/m111/s1. The average Bonchev–Trinajstić information content (AvgIpc) is 1.60. The molecule has 30 atom stereocenters. The summed E-state index contributed by atoms with van der Waals surface area (Å²) in [6.07, 6.45) is -21.2. The van der Waals surface area contributed by atoms with E-state index >= 15 is 17.6 Å². The van der Waals surface area contributed by atoms with Crippen LogP contribution in [0.1, 0.15) is 78.2 Å². The quantitative estimate of drug-likeness (QED) is 0.0510. The van der Waals surface area contributed by atoms with Crippen LogP contribution in [0.3, 0.4) is 0 Å². The molecule has 0 amide bonds. The van der Waals surface area contributed by atoms with Crippen molar-refractivity contribution in [3.8, 4) is 0 Å². The monoisotopic (exact) mass is 2120 g/mol. The van der Waals surface area contributed by atoms with Gasteiger partial charge in [-0.1, -0.05) is 30.3 Å². The molecule has 12 N–H and O–H groups in total. The maximum atomic E-state index is 16.0. The number of fused-ring (bicyclic) bond motifs is 13. The number of hydrogen-bond donors (Lipinski definition) is 9. The maximum Gasteiger partial charge on any atom is 0.472 e.